The molecule has 0 aromatic carbocycles. The lowest BCUT2D eigenvalue weighted by atomic mass is 10.0. The monoisotopic (exact) mass is 214 g/mol. The number of likely N-dealkylation sites (tertiary alicyclic amines) is 1. The molecule has 0 bridgehead atoms. The Morgan fingerprint density at radius 3 is 2.93 bits per heavy atom. The topological polar surface area (TPSA) is 52.6 Å². The lowest BCUT2D eigenvalue weighted by Crippen LogP contribution is -2.30. The van der Waals surface area contributed by atoms with Crippen molar-refractivity contribution in [1.29, 1.82) is 0 Å². The molecule has 1 heterocycles. The number of nitrogens with zero attached hydrogens (tertiary/aromatic N) is 1. The molecule has 0 aromatic rings. The van der Waals surface area contributed by atoms with Gasteiger partial charge in [-0.3, -0.25) is 4.79 Å². The van der Waals surface area contributed by atoms with Gasteiger partial charge >= 0.3 is 0 Å². The first kappa shape index (κ1) is 12.5. The summed E-state index contributed by atoms with van der Waals surface area (Å²) in [6.45, 7) is 7.23. The van der Waals surface area contributed by atoms with Crippen molar-refractivity contribution < 1.29 is 9.90 Å². The van der Waals surface area contributed by atoms with E-state index < -0.39 is 0 Å². The normalized spacial score (nSPS) is 24.1. The lowest BCUT2D eigenvalue weighted by Gasteiger charge is -2.16. The molecule has 2 atom stereocenters. The summed E-state index contributed by atoms with van der Waals surface area (Å²) in [5.74, 6) is 0.511. The third-order valence-electron chi connectivity index (χ3n) is 3.02. The Morgan fingerprint density at radius 1 is 1.67 bits per heavy atom. The number of hydrogen-bond donors (Lipinski definition) is 2. The van der Waals surface area contributed by atoms with Crippen LogP contribution in [0.3, 0.4) is 0 Å². The van der Waals surface area contributed by atoms with Gasteiger partial charge in [-0.25, -0.2) is 0 Å². The van der Waals surface area contributed by atoms with Crippen molar-refractivity contribution >= 4 is 5.91 Å². The Balaban J connectivity index is 2.16. The molecule has 1 amide bonds. The van der Waals surface area contributed by atoms with Crippen LogP contribution in [0.4, 0.5) is 0 Å². The van der Waals surface area contributed by atoms with E-state index in [9.17, 15) is 9.90 Å². The molecule has 88 valence electrons. The average molecular weight is 214 g/mol. The van der Waals surface area contributed by atoms with E-state index in [1.807, 2.05) is 13.8 Å². The van der Waals surface area contributed by atoms with Crippen LogP contribution in [0.1, 0.15) is 26.7 Å². The van der Waals surface area contributed by atoms with Gasteiger partial charge in [0.25, 0.3) is 0 Å². The molecule has 15 heavy (non-hydrogen) atoms. The number of aliphatic hydroxyl groups is 1. The number of hydrogen-bond acceptors (Lipinski definition) is 3. The van der Waals surface area contributed by atoms with Gasteiger partial charge in [-0.05, 0) is 32.7 Å². The molecule has 1 fully saturated rings. The molecule has 1 rings (SSSR count). The van der Waals surface area contributed by atoms with Gasteiger partial charge in [-0.15, -0.1) is 0 Å². The first-order valence-corrected chi connectivity index (χ1v) is 5.80. The van der Waals surface area contributed by atoms with Crippen LogP contribution in [-0.2, 0) is 4.79 Å². The molecule has 4 heteroatoms. The maximum Gasteiger partial charge on any atom is 0.221 e. The number of carbonyl (C=O) groups excluding carboxylic acids is 1. The smallest absolute Gasteiger partial charge is 0.221 e. The van der Waals surface area contributed by atoms with Gasteiger partial charge in [0, 0.05) is 26.1 Å². The summed E-state index contributed by atoms with van der Waals surface area (Å²) in [4.78, 5) is 13.5. The van der Waals surface area contributed by atoms with Crippen LogP contribution in [0.5, 0.6) is 0 Å². The van der Waals surface area contributed by atoms with Crippen molar-refractivity contribution in [2.75, 3.05) is 26.2 Å². The highest BCUT2D eigenvalue weighted by atomic mass is 16.3. The Labute approximate surface area is 91.6 Å². The Morgan fingerprint density at radius 2 is 2.40 bits per heavy atom. The Kier molecular flexibility index (Phi) is 5.05. The molecule has 1 aliphatic rings. The lowest BCUT2D eigenvalue weighted by molar-refractivity contribution is -0.121. The Bertz CT molecular complexity index is 207. The fraction of sp³-hybridized carbons (Fsp3) is 0.909. The molecule has 2 unspecified atom stereocenters. The predicted octanol–water partition coefficient (Wildman–Crippen LogP) is 0.215. The van der Waals surface area contributed by atoms with E-state index in [0.29, 0.717) is 18.9 Å². The molecule has 0 aliphatic carbocycles. The average Bonchev–Trinajstić information content (AvgIpc) is 2.63. The van der Waals surface area contributed by atoms with Gasteiger partial charge in [0.2, 0.25) is 5.91 Å². The van der Waals surface area contributed by atoms with Crippen LogP contribution in [0.2, 0.25) is 0 Å². The zero-order valence-corrected chi connectivity index (χ0v) is 9.70. The van der Waals surface area contributed by atoms with E-state index in [4.69, 9.17) is 0 Å². The van der Waals surface area contributed by atoms with Crippen LogP contribution < -0.4 is 5.32 Å². The minimum Gasteiger partial charge on any atom is -0.393 e. The maximum atomic E-state index is 11.2. The number of nitrogens with one attached hydrogen (secondary N) is 1. The van der Waals surface area contributed by atoms with Crippen molar-refractivity contribution in [3.63, 3.8) is 0 Å². The summed E-state index contributed by atoms with van der Waals surface area (Å²) in [6, 6.07) is 0. The summed E-state index contributed by atoms with van der Waals surface area (Å²) in [6.07, 6.45) is 1.40. The first-order valence-electron chi connectivity index (χ1n) is 5.80. The summed E-state index contributed by atoms with van der Waals surface area (Å²) >= 11 is 0. The number of aliphatic hydroxyl groups excluding tert-OH is 1. The van der Waals surface area contributed by atoms with Crippen LogP contribution >= 0.6 is 0 Å². The standard InChI is InChI=1S/C11H22N2O2/c1-3-12-11(15)5-7-13-6-4-10(8-13)9(2)14/h9-10,14H,3-8H2,1-2H3,(H,12,15). The highest BCUT2D eigenvalue weighted by Crippen LogP contribution is 2.19. The van der Waals surface area contributed by atoms with Gasteiger partial charge in [-0.1, -0.05) is 0 Å². The van der Waals surface area contributed by atoms with Gasteiger partial charge in [-0.2, -0.15) is 0 Å². The van der Waals surface area contributed by atoms with E-state index in [1.165, 1.54) is 0 Å². The molecule has 4 nitrogen and oxygen atoms in total. The van der Waals surface area contributed by atoms with Crippen LogP contribution in [0.15, 0.2) is 0 Å². The second-order valence-electron chi connectivity index (χ2n) is 4.29. The molecule has 0 radical (unpaired) electrons. The Hall–Kier alpha value is -0.610. The molecule has 0 aromatic heterocycles. The van der Waals surface area contributed by atoms with Crippen molar-refractivity contribution in [2.45, 2.75) is 32.8 Å². The molecule has 1 aliphatic heterocycles. The van der Waals surface area contributed by atoms with Crippen LogP contribution in [0.25, 0.3) is 0 Å². The molecule has 0 spiro atoms. The molecular weight excluding hydrogens is 192 g/mol. The third-order valence-corrected chi connectivity index (χ3v) is 3.02. The van der Waals surface area contributed by atoms with Crippen molar-refractivity contribution in [3.05, 3.63) is 0 Å². The number of carbonyl (C=O) groups is 1. The largest absolute Gasteiger partial charge is 0.393 e. The first-order chi connectivity index (χ1) is 7.13. The molecule has 2 N–H and O–H groups in total. The summed E-state index contributed by atoms with van der Waals surface area (Å²) in [5, 5.41) is 12.2. The van der Waals surface area contributed by atoms with Crippen molar-refractivity contribution in [3.8, 4) is 0 Å². The highest BCUT2D eigenvalue weighted by Gasteiger charge is 2.25. The summed E-state index contributed by atoms with van der Waals surface area (Å²) in [5.41, 5.74) is 0. The second kappa shape index (κ2) is 6.08. The minimum atomic E-state index is -0.223. The SMILES string of the molecule is CCNC(=O)CCN1CCC(C(C)O)C1. The van der Waals surface area contributed by atoms with Crippen molar-refractivity contribution in [2.24, 2.45) is 5.92 Å². The minimum absolute atomic E-state index is 0.123. The van der Waals surface area contributed by atoms with Gasteiger partial charge in [0.05, 0.1) is 6.10 Å². The van der Waals surface area contributed by atoms with E-state index in [1.54, 1.807) is 0 Å². The maximum absolute atomic E-state index is 11.2. The molecular formula is C11H22N2O2. The van der Waals surface area contributed by atoms with E-state index >= 15 is 0 Å². The number of amides is 1. The number of rotatable bonds is 5. The van der Waals surface area contributed by atoms with Crippen molar-refractivity contribution in [1.82, 2.24) is 10.2 Å². The molecule has 1 saturated heterocycles. The predicted molar refractivity (Wildman–Crippen MR) is 59.5 cm³/mol. The van der Waals surface area contributed by atoms with Crippen LogP contribution in [0, 0.1) is 5.92 Å². The fourth-order valence-electron chi connectivity index (χ4n) is 2.00. The fourth-order valence-corrected chi connectivity index (χ4v) is 2.00. The van der Waals surface area contributed by atoms with Gasteiger partial charge < -0.3 is 15.3 Å². The van der Waals surface area contributed by atoms with E-state index in [-0.39, 0.29) is 12.0 Å². The molecule has 0 saturated carbocycles. The zero-order valence-electron chi connectivity index (χ0n) is 9.70. The second-order valence-corrected chi connectivity index (χ2v) is 4.29. The summed E-state index contributed by atoms with van der Waals surface area (Å²) < 4.78 is 0. The summed E-state index contributed by atoms with van der Waals surface area (Å²) in [7, 11) is 0. The van der Waals surface area contributed by atoms with E-state index in [0.717, 1.165) is 26.1 Å². The van der Waals surface area contributed by atoms with Gasteiger partial charge in [0.1, 0.15) is 0 Å². The zero-order chi connectivity index (χ0) is 11.3. The van der Waals surface area contributed by atoms with E-state index in [2.05, 4.69) is 10.2 Å². The quantitative estimate of drug-likeness (QED) is 0.688. The highest BCUT2D eigenvalue weighted by molar-refractivity contribution is 5.75. The van der Waals surface area contributed by atoms with Crippen LogP contribution in [-0.4, -0.2) is 48.2 Å². The van der Waals surface area contributed by atoms with Gasteiger partial charge in [0.15, 0.2) is 0 Å². The third kappa shape index (κ3) is 4.18.